The molecular weight excluding hydrogens is 470 g/mol. The molecule has 4 aromatic rings. The fourth-order valence-corrected chi connectivity index (χ4v) is 4.79. The van der Waals surface area contributed by atoms with Crippen molar-refractivity contribution in [2.45, 2.75) is 38.3 Å². The molecular formula is C25H24F2N6O3. The number of nitrogens with one attached hydrogen (secondary N) is 2. The molecule has 3 aromatic heterocycles. The Hall–Kier alpha value is -4.28. The van der Waals surface area contributed by atoms with E-state index < -0.39 is 23.1 Å². The van der Waals surface area contributed by atoms with Crippen LogP contribution in [0.2, 0.25) is 0 Å². The highest BCUT2D eigenvalue weighted by Crippen LogP contribution is 2.38. The molecule has 1 aliphatic carbocycles. The Bertz CT molecular complexity index is 1520. The lowest BCUT2D eigenvalue weighted by molar-refractivity contribution is 0.0947. The number of carbonyl (C=O) groups is 1. The molecule has 186 valence electrons. The Labute approximate surface area is 204 Å². The van der Waals surface area contributed by atoms with Crippen LogP contribution in [0.25, 0.3) is 22.2 Å². The van der Waals surface area contributed by atoms with Gasteiger partial charge >= 0.3 is 0 Å². The molecule has 0 aliphatic heterocycles. The molecule has 1 fully saturated rings. The normalized spacial score (nSPS) is 13.9. The van der Waals surface area contributed by atoms with E-state index in [-0.39, 0.29) is 35.4 Å². The van der Waals surface area contributed by atoms with Gasteiger partial charge in [0.25, 0.3) is 11.5 Å². The molecule has 11 heteroatoms. The van der Waals surface area contributed by atoms with Crippen molar-refractivity contribution in [1.82, 2.24) is 25.1 Å². The van der Waals surface area contributed by atoms with Crippen molar-refractivity contribution in [3.63, 3.8) is 0 Å². The van der Waals surface area contributed by atoms with E-state index in [1.165, 1.54) is 31.5 Å². The number of anilines is 1. The van der Waals surface area contributed by atoms with Gasteiger partial charge in [0, 0.05) is 30.5 Å². The van der Waals surface area contributed by atoms with Gasteiger partial charge in [-0.15, -0.1) is 0 Å². The van der Waals surface area contributed by atoms with Crippen LogP contribution in [0, 0.1) is 11.6 Å². The number of aromatic nitrogens is 4. The van der Waals surface area contributed by atoms with E-state index in [1.54, 1.807) is 6.20 Å². The fraction of sp³-hybridized carbons (Fsp3) is 0.280. The number of hydrogen-bond acceptors (Lipinski definition) is 6. The number of H-pyrrole nitrogens is 1. The zero-order valence-corrected chi connectivity index (χ0v) is 19.5. The number of benzene rings is 1. The van der Waals surface area contributed by atoms with E-state index in [1.807, 2.05) is 4.57 Å². The summed E-state index contributed by atoms with van der Waals surface area (Å²) in [4.78, 5) is 29.5. The van der Waals surface area contributed by atoms with Crippen LogP contribution in [0.5, 0.6) is 5.75 Å². The highest BCUT2D eigenvalue weighted by molar-refractivity contribution is 6.01. The lowest BCUT2D eigenvalue weighted by atomic mass is 10.1. The molecule has 3 heterocycles. The van der Waals surface area contributed by atoms with Gasteiger partial charge < -0.3 is 20.4 Å². The van der Waals surface area contributed by atoms with Crippen molar-refractivity contribution in [2.24, 2.45) is 0 Å². The summed E-state index contributed by atoms with van der Waals surface area (Å²) in [5.74, 6) is -1.50. The number of rotatable bonds is 6. The summed E-state index contributed by atoms with van der Waals surface area (Å²) < 4.78 is 35.9. The van der Waals surface area contributed by atoms with Crippen LogP contribution >= 0.6 is 0 Å². The summed E-state index contributed by atoms with van der Waals surface area (Å²) >= 11 is 0. The minimum Gasteiger partial charge on any atom is -0.496 e. The van der Waals surface area contributed by atoms with Crippen LogP contribution in [0.4, 0.5) is 14.6 Å². The first-order valence-corrected chi connectivity index (χ1v) is 11.5. The molecule has 1 aromatic carbocycles. The number of carbonyl (C=O) groups excluding carboxylic acids is 1. The van der Waals surface area contributed by atoms with E-state index in [0.717, 1.165) is 31.7 Å². The highest BCUT2D eigenvalue weighted by Gasteiger charge is 2.26. The lowest BCUT2D eigenvalue weighted by Gasteiger charge is -2.12. The topological polar surface area (TPSA) is 128 Å². The van der Waals surface area contributed by atoms with Crippen LogP contribution < -0.4 is 21.3 Å². The smallest absolute Gasteiger partial charge is 0.288 e. The number of nitrogens with zero attached hydrogens (tertiary/aromatic N) is 3. The maximum absolute atomic E-state index is 15.3. The molecule has 5 rings (SSSR count). The number of ether oxygens (including phenoxy) is 1. The van der Waals surface area contributed by atoms with Crippen LogP contribution in [0.15, 0.2) is 41.5 Å². The summed E-state index contributed by atoms with van der Waals surface area (Å²) in [7, 11) is 1.38. The Balaban J connectivity index is 1.45. The number of halogens is 2. The number of aromatic amines is 1. The number of nitrogens with two attached hydrogens (primary N) is 1. The van der Waals surface area contributed by atoms with Gasteiger partial charge in [-0.1, -0.05) is 12.8 Å². The zero-order chi connectivity index (χ0) is 25.4. The lowest BCUT2D eigenvalue weighted by Crippen LogP contribution is -2.23. The quantitative estimate of drug-likeness (QED) is 0.375. The second kappa shape index (κ2) is 9.40. The molecule has 36 heavy (non-hydrogen) atoms. The van der Waals surface area contributed by atoms with Crippen molar-refractivity contribution < 1.29 is 18.3 Å². The predicted molar refractivity (Wildman–Crippen MR) is 130 cm³/mol. The number of nitrogen functional groups attached to an aromatic ring is 1. The molecule has 9 nitrogen and oxygen atoms in total. The van der Waals surface area contributed by atoms with Gasteiger partial charge in [-0.2, -0.15) is 5.10 Å². The minimum atomic E-state index is -0.643. The highest BCUT2D eigenvalue weighted by atomic mass is 19.1. The predicted octanol–water partition coefficient (Wildman–Crippen LogP) is 3.70. The molecule has 1 amide bonds. The number of hydrogen-bond donors (Lipinski definition) is 3. The van der Waals surface area contributed by atoms with E-state index in [2.05, 4.69) is 20.5 Å². The Morgan fingerprint density at radius 1 is 1.28 bits per heavy atom. The number of amides is 1. The third kappa shape index (κ3) is 4.16. The van der Waals surface area contributed by atoms with Crippen LogP contribution in [-0.2, 0) is 6.54 Å². The first-order chi connectivity index (χ1) is 17.4. The molecule has 1 aliphatic rings. The first-order valence-electron chi connectivity index (χ1n) is 11.5. The van der Waals surface area contributed by atoms with Crippen molar-refractivity contribution >= 4 is 22.6 Å². The standard InChI is InChI=1S/C25H24F2N6O3/c1-36-19-7-6-14(26)9-16(19)24(34)30-11-13-8-18(27)21(29-10-13)17-12-33(15-4-2-3-5-15)22-20(17)23(28)31-32-25(22)35/h6-10,12,15H,2-5,11H2,1H3,(H2,28,31)(H,30,34)(H,32,35). The first kappa shape index (κ1) is 23.5. The molecule has 1 saturated carbocycles. The maximum atomic E-state index is 15.3. The Kier molecular flexibility index (Phi) is 6.13. The molecule has 0 saturated heterocycles. The second-order valence-corrected chi connectivity index (χ2v) is 8.75. The monoisotopic (exact) mass is 494 g/mol. The largest absolute Gasteiger partial charge is 0.496 e. The van der Waals surface area contributed by atoms with Gasteiger partial charge in [0.1, 0.15) is 28.6 Å². The SMILES string of the molecule is COc1ccc(F)cc1C(=O)NCc1cnc(-c2cn(C3CCCC3)c3c(=O)[nH]nc(N)c23)c(F)c1. The maximum Gasteiger partial charge on any atom is 0.288 e. The van der Waals surface area contributed by atoms with Gasteiger partial charge in [-0.05, 0) is 42.7 Å². The van der Waals surface area contributed by atoms with Crippen LogP contribution in [0.1, 0.15) is 47.6 Å². The second-order valence-electron chi connectivity index (χ2n) is 8.75. The van der Waals surface area contributed by atoms with Gasteiger partial charge in [0.05, 0.1) is 18.1 Å². The molecule has 4 N–H and O–H groups in total. The van der Waals surface area contributed by atoms with Gasteiger partial charge in [0.2, 0.25) is 0 Å². The third-order valence-corrected chi connectivity index (χ3v) is 6.51. The minimum absolute atomic E-state index is 0.0236. The van der Waals surface area contributed by atoms with Crippen molar-refractivity contribution in [3.8, 4) is 17.0 Å². The van der Waals surface area contributed by atoms with Crippen molar-refractivity contribution in [3.05, 3.63) is 69.8 Å². The number of pyridine rings is 1. The molecule has 0 atom stereocenters. The average molecular weight is 495 g/mol. The third-order valence-electron chi connectivity index (χ3n) is 6.51. The number of methoxy groups -OCH3 is 1. The van der Waals surface area contributed by atoms with Crippen molar-refractivity contribution in [1.29, 1.82) is 0 Å². The average Bonchev–Trinajstić information content (AvgIpc) is 3.54. The van der Waals surface area contributed by atoms with Gasteiger partial charge in [-0.3, -0.25) is 14.6 Å². The van der Waals surface area contributed by atoms with E-state index >= 15 is 4.39 Å². The Morgan fingerprint density at radius 2 is 2.06 bits per heavy atom. The van der Waals surface area contributed by atoms with Gasteiger partial charge in [-0.25, -0.2) is 13.9 Å². The zero-order valence-electron chi connectivity index (χ0n) is 19.5. The molecule has 0 radical (unpaired) electrons. The molecule has 0 unspecified atom stereocenters. The van der Waals surface area contributed by atoms with E-state index in [4.69, 9.17) is 10.5 Å². The number of fused-ring (bicyclic) bond motifs is 1. The van der Waals surface area contributed by atoms with Crippen molar-refractivity contribution in [2.75, 3.05) is 12.8 Å². The van der Waals surface area contributed by atoms with Gasteiger partial charge in [0.15, 0.2) is 5.82 Å². The summed E-state index contributed by atoms with van der Waals surface area (Å²) in [6.45, 7) is -0.0457. The molecule has 0 bridgehead atoms. The summed E-state index contributed by atoms with van der Waals surface area (Å²) in [5, 5.41) is 9.26. The van der Waals surface area contributed by atoms with Crippen LogP contribution in [-0.4, -0.2) is 32.8 Å². The van der Waals surface area contributed by atoms with E-state index in [0.29, 0.717) is 22.0 Å². The Morgan fingerprint density at radius 3 is 2.78 bits per heavy atom. The van der Waals surface area contributed by atoms with E-state index in [9.17, 15) is 14.0 Å². The summed E-state index contributed by atoms with van der Waals surface area (Å²) in [6, 6.07) is 4.97. The summed E-state index contributed by atoms with van der Waals surface area (Å²) in [6.07, 6.45) is 7.07. The fourth-order valence-electron chi connectivity index (χ4n) is 4.79. The summed E-state index contributed by atoms with van der Waals surface area (Å²) in [5.41, 5.74) is 6.87. The van der Waals surface area contributed by atoms with Crippen LogP contribution in [0.3, 0.4) is 0 Å². The molecule has 0 spiro atoms.